The third-order valence-corrected chi connectivity index (χ3v) is 8.07. The van der Waals surface area contributed by atoms with Gasteiger partial charge in [-0.25, -0.2) is 27.6 Å². The second-order valence-corrected chi connectivity index (χ2v) is 11.7. The van der Waals surface area contributed by atoms with Crippen LogP contribution in [0.1, 0.15) is 48.5 Å². The predicted octanol–water partition coefficient (Wildman–Crippen LogP) is 7.47. The highest BCUT2D eigenvalue weighted by Crippen LogP contribution is 2.33. The molecule has 0 amide bonds. The van der Waals surface area contributed by atoms with E-state index in [-0.39, 0.29) is 38.6 Å². The lowest BCUT2D eigenvalue weighted by atomic mass is 10.0. The number of H-pyrrole nitrogens is 1. The van der Waals surface area contributed by atoms with Gasteiger partial charge in [0.1, 0.15) is 17.5 Å². The number of carboxylic acid groups (broad SMARTS) is 3. The summed E-state index contributed by atoms with van der Waals surface area (Å²) in [5.74, 6) is -5.10. The predicted molar refractivity (Wildman–Crippen MR) is 190 cm³/mol. The number of rotatable bonds is 6. The van der Waals surface area contributed by atoms with Crippen LogP contribution in [0, 0.1) is 38.2 Å². The normalized spacial score (nSPS) is 10.4. The van der Waals surface area contributed by atoms with E-state index < -0.39 is 34.8 Å². The van der Waals surface area contributed by atoms with Gasteiger partial charge in [0.15, 0.2) is 11.4 Å². The Hall–Kier alpha value is -6.52. The lowest BCUT2D eigenvalue weighted by Crippen LogP contribution is -2.21. The summed E-state index contributed by atoms with van der Waals surface area (Å²) in [5.41, 5.74) is 2.20. The Morgan fingerprint density at radius 1 is 0.537 bits per heavy atom. The Bertz CT molecular complexity index is 2320. The molecule has 0 atom stereocenters. The Morgan fingerprint density at radius 2 is 0.852 bits per heavy atom. The standard InChI is InChI=1S/2C12H8ClFN2O2.C12H9FN2O3/c2*1-6-9(7-2-4-8(14)5-3-7)10(13)11(12(17)18)16-15-6;1-6-9(7-2-4-8(13)5-3-7)11(16)10(12(17)18)15-14-6/h2*2-5H,1H3,(H,17,18);2-5H,1H3,(H,14,16)(H,17,18). The first-order valence-corrected chi connectivity index (χ1v) is 15.9. The molecule has 6 rings (SSSR count). The van der Waals surface area contributed by atoms with Crippen molar-refractivity contribution in [2.24, 2.45) is 0 Å². The van der Waals surface area contributed by atoms with E-state index in [1.807, 2.05) is 0 Å². The number of halogens is 5. The third-order valence-electron chi connectivity index (χ3n) is 7.34. The van der Waals surface area contributed by atoms with E-state index in [2.05, 4.69) is 30.6 Å². The maximum atomic E-state index is 12.9. The van der Waals surface area contributed by atoms with Crippen molar-refractivity contribution in [3.8, 4) is 33.4 Å². The quantitative estimate of drug-likeness (QED) is 0.130. The number of hydrogen-bond acceptors (Lipinski definition) is 9. The molecule has 0 aliphatic heterocycles. The molecule has 4 N–H and O–H groups in total. The first-order valence-electron chi connectivity index (χ1n) is 15.1. The second-order valence-electron chi connectivity index (χ2n) is 11.0. The summed E-state index contributed by atoms with van der Waals surface area (Å²) in [6, 6.07) is 16.4. The summed E-state index contributed by atoms with van der Waals surface area (Å²) >= 11 is 12.0. The zero-order valence-electron chi connectivity index (χ0n) is 28.0. The van der Waals surface area contributed by atoms with Gasteiger partial charge in [0.25, 0.3) is 0 Å². The van der Waals surface area contributed by atoms with Crippen LogP contribution in [0.2, 0.25) is 10.0 Å². The lowest BCUT2D eigenvalue weighted by molar-refractivity contribution is 0.0677. The Balaban J connectivity index is 0.000000180. The largest absolute Gasteiger partial charge is 0.476 e. The van der Waals surface area contributed by atoms with Crippen LogP contribution < -0.4 is 5.43 Å². The molecule has 6 aromatic rings. The van der Waals surface area contributed by atoms with Gasteiger partial charge in [0.05, 0.1) is 27.0 Å². The molecule has 13 nitrogen and oxygen atoms in total. The fourth-order valence-electron chi connectivity index (χ4n) is 4.81. The molecule has 18 heteroatoms. The number of nitrogens with one attached hydrogen (secondary N) is 1. The maximum Gasteiger partial charge on any atom is 0.360 e. The Kier molecular flexibility index (Phi) is 12.9. The molecule has 0 aliphatic rings. The number of carboxylic acids is 3. The van der Waals surface area contributed by atoms with Crippen LogP contribution in [0.5, 0.6) is 0 Å². The van der Waals surface area contributed by atoms with Gasteiger partial charge < -0.3 is 15.3 Å². The van der Waals surface area contributed by atoms with Gasteiger partial charge in [-0.2, -0.15) is 15.3 Å². The zero-order chi connectivity index (χ0) is 39.9. The molecule has 0 radical (unpaired) electrons. The average molecular weight is 782 g/mol. The average Bonchev–Trinajstić information content (AvgIpc) is 3.11. The van der Waals surface area contributed by atoms with E-state index in [4.69, 9.17) is 38.5 Å². The number of aromatic amines is 1. The fourth-order valence-corrected chi connectivity index (χ4v) is 5.54. The summed E-state index contributed by atoms with van der Waals surface area (Å²) < 4.78 is 38.5. The first kappa shape index (κ1) is 40.3. The van der Waals surface area contributed by atoms with Crippen molar-refractivity contribution >= 4 is 41.1 Å². The Morgan fingerprint density at radius 3 is 1.17 bits per heavy atom. The monoisotopic (exact) mass is 780 g/mol. The minimum absolute atomic E-state index is 0.00149. The van der Waals surface area contributed by atoms with E-state index in [1.165, 1.54) is 72.8 Å². The smallest absolute Gasteiger partial charge is 0.360 e. The minimum Gasteiger partial charge on any atom is -0.476 e. The van der Waals surface area contributed by atoms with Crippen LogP contribution in [0.4, 0.5) is 13.2 Å². The van der Waals surface area contributed by atoms with Crippen LogP contribution in [-0.4, -0.2) is 63.8 Å². The summed E-state index contributed by atoms with van der Waals surface area (Å²) in [4.78, 5) is 44.6. The molecule has 0 spiro atoms. The van der Waals surface area contributed by atoms with Crippen LogP contribution in [-0.2, 0) is 0 Å². The maximum absolute atomic E-state index is 12.9. The van der Waals surface area contributed by atoms with Crippen molar-refractivity contribution < 1.29 is 42.9 Å². The summed E-state index contributed by atoms with van der Waals surface area (Å²) in [6.07, 6.45) is 0. The van der Waals surface area contributed by atoms with Crippen molar-refractivity contribution in [3.63, 3.8) is 0 Å². The van der Waals surface area contributed by atoms with Gasteiger partial charge in [0, 0.05) is 16.8 Å². The molecule has 3 heterocycles. The van der Waals surface area contributed by atoms with E-state index in [1.54, 1.807) is 20.8 Å². The second kappa shape index (κ2) is 17.3. The van der Waals surface area contributed by atoms with Gasteiger partial charge in [-0.1, -0.05) is 59.6 Å². The molecule has 0 fully saturated rings. The van der Waals surface area contributed by atoms with Crippen molar-refractivity contribution in [1.82, 2.24) is 30.6 Å². The number of benzene rings is 3. The molecule has 0 saturated carbocycles. The molecule has 0 unspecified atom stereocenters. The van der Waals surface area contributed by atoms with Crippen molar-refractivity contribution in [1.29, 1.82) is 0 Å². The molecule has 3 aromatic carbocycles. The van der Waals surface area contributed by atoms with Crippen LogP contribution in [0.3, 0.4) is 0 Å². The first-order chi connectivity index (χ1) is 25.5. The molecular formula is C36H25Cl2F3N6O7. The van der Waals surface area contributed by atoms with Crippen LogP contribution in [0.25, 0.3) is 33.4 Å². The number of nitrogens with zero attached hydrogens (tertiary/aromatic N) is 5. The third kappa shape index (κ3) is 9.28. The number of carbonyl (C=O) groups is 3. The zero-order valence-corrected chi connectivity index (χ0v) is 29.5. The molecular weight excluding hydrogens is 756 g/mol. The molecule has 0 saturated heterocycles. The van der Waals surface area contributed by atoms with Crippen LogP contribution >= 0.6 is 23.2 Å². The number of aromatic nitrogens is 6. The highest BCUT2D eigenvalue weighted by Gasteiger charge is 2.21. The summed E-state index contributed by atoms with van der Waals surface area (Å²) in [5, 5.41) is 47.2. The van der Waals surface area contributed by atoms with Gasteiger partial charge in [-0.3, -0.25) is 9.89 Å². The Labute approximate surface area is 312 Å². The lowest BCUT2D eigenvalue weighted by Gasteiger charge is -2.08. The number of hydrogen-bond donors (Lipinski definition) is 4. The molecule has 54 heavy (non-hydrogen) atoms. The van der Waals surface area contributed by atoms with E-state index in [0.29, 0.717) is 44.9 Å². The van der Waals surface area contributed by atoms with Crippen LogP contribution in [0.15, 0.2) is 77.6 Å². The highest BCUT2D eigenvalue weighted by atomic mass is 35.5. The molecule has 3 aromatic heterocycles. The summed E-state index contributed by atoms with van der Waals surface area (Å²) in [7, 11) is 0. The van der Waals surface area contributed by atoms with Gasteiger partial charge in [-0.15, -0.1) is 10.2 Å². The van der Waals surface area contributed by atoms with Crippen molar-refractivity contribution in [2.45, 2.75) is 20.8 Å². The van der Waals surface area contributed by atoms with Gasteiger partial charge >= 0.3 is 17.9 Å². The minimum atomic E-state index is -1.40. The fraction of sp³-hybridized carbons (Fsp3) is 0.0833. The van der Waals surface area contributed by atoms with Crippen molar-refractivity contribution in [3.05, 3.63) is 145 Å². The van der Waals surface area contributed by atoms with Crippen molar-refractivity contribution in [2.75, 3.05) is 0 Å². The molecule has 0 bridgehead atoms. The summed E-state index contributed by atoms with van der Waals surface area (Å²) in [6.45, 7) is 4.91. The van der Waals surface area contributed by atoms with E-state index in [0.717, 1.165) is 0 Å². The van der Waals surface area contributed by atoms with Gasteiger partial charge in [0.2, 0.25) is 11.1 Å². The number of aromatic carboxylic acids is 3. The molecule has 276 valence electrons. The van der Waals surface area contributed by atoms with Gasteiger partial charge in [-0.05, 0) is 73.9 Å². The molecule has 0 aliphatic carbocycles. The topological polar surface area (TPSA) is 209 Å². The highest BCUT2D eigenvalue weighted by molar-refractivity contribution is 6.36. The van der Waals surface area contributed by atoms with E-state index >= 15 is 0 Å². The number of aryl methyl sites for hydroxylation is 3. The SMILES string of the molecule is Cc1[nH]nc(C(=O)O)c(=O)c1-c1ccc(F)cc1.Cc1nnc(C(=O)O)c(Cl)c1-c1ccc(F)cc1.Cc1nnc(C(=O)O)c(Cl)c1-c1ccc(F)cc1. The van der Waals surface area contributed by atoms with E-state index in [9.17, 15) is 32.3 Å².